The number of hydrogen-bond donors (Lipinski definition) is 0. The molecule has 0 aliphatic carbocycles. The van der Waals surface area contributed by atoms with Crippen molar-refractivity contribution in [3.8, 4) is 69.7 Å². The summed E-state index contributed by atoms with van der Waals surface area (Å²) in [5, 5.41) is 24.7. The van der Waals surface area contributed by atoms with Crippen molar-refractivity contribution in [1.29, 1.82) is 10.5 Å². The molecule has 1 aromatic carbocycles. The first-order valence-corrected chi connectivity index (χ1v) is 31.6. The fourth-order valence-corrected chi connectivity index (χ4v) is 9.89. The first-order valence-electron chi connectivity index (χ1n) is 31.6. The average molecular weight is 1350 g/mol. The van der Waals surface area contributed by atoms with Gasteiger partial charge in [0.15, 0.2) is 28.8 Å². The van der Waals surface area contributed by atoms with Gasteiger partial charge in [-0.3, -0.25) is 9.97 Å². The second kappa shape index (κ2) is 29.0. The zero-order chi connectivity index (χ0) is 72.7. The van der Waals surface area contributed by atoms with Crippen LogP contribution in [0.15, 0.2) is 83.9 Å². The van der Waals surface area contributed by atoms with Gasteiger partial charge in [-0.25, -0.2) is 53.1 Å². The van der Waals surface area contributed by atoms with E-state index in [4.69, 9.17) is 44.4 Å². The van der Waals surface area contributed by atoms with Crippen molar-refractivity contribution >= 4 is 48.2 Å². The normalized spacial score (nSPS) is 14.7. The van der Waals surface area contributed by atoms with Gasteiger partial charge in [-0.2, -0.15) is 20.3 Å². The summed E-state index contributed by atoms with van der Waals surface area (Å²) in [6.45, 7) is 31.8. The predicted octanol–water partition coefficient (Wildman–Crippen LogP) is 14.5. The van der Waals surface area contributed by atoms with Gasteiger partial charge >= 0.3 is 36.6 Å². The molecule has 98 heavy (non-hydrogen) atoms. The fourth-order valence-electron chi connectivity index (χ4n) is 9.89. The summed E-state index contributed by atoms with van der Waals surface area (Å²) in [7, 11) is 0. The predicted molar refractivity (Wildman–Crippen MR) is 358 cm³/mol. The molecule has 518 valence electrons. The number of amides is 6. The molecular formula is C71H84FN13O13. The number of piperidine rings is 2. The van der Waals surface area contributed by atoms with Crippen LogP contribution < -0.4 is 9.80 Å². The highest BCUT2D eigenvalue weighted by atomic mass is 19.1. The number of nitrogens with zero attached hydrogens (tertiary/aromatic N) is 13. The molecule has 2 aliphatic rings. The van der Waals surface area contributed by atoms with Crippen LogP contribution in [0.3, 0.4) is 0 Å². The number of terminal acetylenes is 1. The Kier molecular flexibility index (Phi) is 22.1. The average Bonchev–Trinajstić information content (AvgIpc) is 1.12. The summed E-state index contributed by atoms with van der Waals surface area (Å²) >= 11 is 0. The van der Waals surface area contributed by atoms with E-state index in [1.807, 2.05) is 0 Å². The van der Waals surface area contributed by atoms with Gasteiger partial charge in [0.25, 0.3) is 0 Å². The van der Waals surface area contributed by atoms with Gasteiger partial charge in [0.1, 0.15) is 55.9 Å². The molecule has 27 heteroatoms. The van der Waals surface area contributed by atoms with Gasteiger partial charge < -0.3 is 42.7 Å². The maximum atomic E-state index is 14.8. The molecule has 0 spiro atoms. The fraction of sp³-hybridized carbons (Fsp3) is 0.479. The molecule has 2 aliphatic heterocycles. The van der Waals surface area contributed by atoms with E-state index in [9.17, 15) is 43.7 Å². The van der Waals surface area contributed by atoms with Crippen molar-refractivity contribution in [2.24, 2.45) is 0 Å². The molecule has 8 rings (SSSR count). The number of aromatic nitrogens is 7. The third-order valence-electron chi connectivity index (χ3n) is 14.3. The van der Waals surface area contributed by atoms with Crippen LogP contribution in [0.2, 0.25) is 0 Å². The minimum Gasteiger partial charge on any atom is -0.444 e. The highest BCUT2D eigenvalue weighted by Gasteiger charge is 2.44. The number of carbonyl (C=O) groups excluding carboxylic acids is 6. The van der Waals surface area contributed by atoms with E-state index in [1.165, 1.54) is 42.9 Å². The van der Waals surface area contributed by atoms with Gasteiger partial charge in [0.05, 0.1) is 47.3 Å². The molecule has 6 aromatic rings. The largest absolute Gasteiger partial charge is 0.444 e. The third-order valence-corrected chi connectivity index (χ3v) is 14.3. The number of rotatable bonds is 8. The molecule has 0 bridgehead atoms. The maximum absolute atomic E-state index is 14.8. The van der Waals surface area contributed by atoms with Crippen molar-refractivity contribution < 1.29 is 66.1 Å². The lowest BCUT2D eigenvalue weighted by atomic mass is 9.76. The number of imide groups is 2. The summed E-state index contributed by atoms with van der Waals surface area (Å²) in [6, 6.07) is 19.0. The highest BCUT2D eigenvalue weighted by Crippen LogP contribution is 2.40. The standard InChI is InChI=1S/C39H44FN7O7.C32H40N6O6/c1-36(2,3)51-33(48)46-18-15-39(23-41,16-19-46)30-20-24(14-17-42-30)28-22-43-32(47(34(49)52-37(4,5)6)35(50)53-38(7,8)9)31(44-28)29-21-27(45-54-29)25-12-10-11-13-26(25)40;1-11-22-25(38(27(40)43-30(5,6)7)28(41)44-31(8,9)10)35-19-23(36-22)21-12-15-34-24(18-21)32(20-33)13-16-37(17-14-32)26(39)42-29(2,3)4/h10-14,17,20-22H,15-16,18-19H2,1-9H3;1,12,15,18-19H,13-14,16-17H2,2-10H3. The monoisotopic (exact) mass is 1350 g/mol. The first kappa shape index (κ1) is 74.8. The lowest BCUT2D eigenvalue weighted by Crippen LogP contribution is -2.46. The zero-order valence-corrected chi connectivity index (χ0v) is 58.7. The minimum atomic E-state index is -1.09. The molecule has 0 unspecified atom stereocenters. The van der Waals surface area contributed by atoms with Crippen LogP contribution in [-0.4, -0.2) is 141 Å². The van der Waals surface area contributed by atoms with Crippen LogP contribution >= 0.6 is 0 Å². The van der Waals surface area contributed by atoms with Crippen LogP contribution in [0.5, 0.6) is 0 Å². The smallest absolute Gasteiger partial charge is 0.425 e. The van der Waals surface area contributed by atoms with E-state index >= 15 is 0 Å². The van der Waals surface area contributed by atoms with Gasteiger partial charge in [-0.1, -0.05) is 17.3 Å². The Morgan fingerprint density at radius 2 is 0.898 bits per heavy atom. The Hall–Kier alpha value is -10.6. The minimum absolute atomic E-state index is 0.0491. The van der Waals surface area contributed by atoms with Gasteiger partial charge in [0, 0.05) is 61.3 Å². The highest BCUT2D eigenvalue weighted by molar-refractivity contribution is 6.11. The molecule has 5 aromatic heterocycles. The van der Waals surface area contributed by atoms with Crippen LogP contribution in [0.25, 0.3) is 45.2 Å². The Balaban J connectivity index is 0.000000282. The van der Waals surface area contributed by atoms with Crippen LogP contribution in [0.1, 0.15) is 167 Å². The number of anilines is 2. The lowest BCUT2D eigenvalue weighted by molar-refractivity contribution is 0.0173. The van der Waals surface area contributed by atoms with Gasteiger partial charge in [-0.15, -0.1) is 6.42 Å². The molecule has 0 radical (unpaired) electrons. The molecule has 0 atom stereocenters. The van der Waals surface area contributed by atoms with E-state index in [0.717, 1.165) is 0 Å². The Bertz CT molecular complexity index is 4040. The molecular weight excluding hydrogens is 1260 g/mol. The number of carbonyl (C=O) groups is 6. The molecule has 0 N–H and O–H groups in total. The summed E-state index contributed by atoms with van der Waals surface area (Å²) in [5.74, 6) is 1.28. The summed E-state index contributed by atoms with van der Waals surface area (Å²) in [5.41, 5.74) is -4.42. The molecule has 0 saturated carbocycles. The van der Waals surface area contributed by atoms with Crippen LogP contribution in [0, 0.1) is 40.8 Å². The Morgan fingerprint density at radius 1 is 0.520 bits per heavy atom. The first-order chi connectivity index (χ1) is 45.5. The molecule has 2 saturated heterocycles. The van der Waals surface area contributed by atoms with Crippen molar-refractivity contribution in [2.75, 3.05) is 36.0 Å². The van der Waals surface area contributed by atoms with Crippen LogP contribution in [-0.2, 0) is 39.3 Å². The maximum Gasteiger partial charge on any atom is 0.425 e. The van der Waals surface area contributed by atoms with Crippen molar-refractivity contribution in [3.63, 3.8) is 0 Å². The quantitative estimate of drug-likeness (QED) is 0.101. The van der Waals surface area contributed by atoms with Crippen molar-refractivity contribution in [3.05, 3.63) is 102 Å². The SMILES string of the molecule is C#Cc1nc(-c2ccnc(C3(C#N)CCN(C(=O)OC(C)(C)C)CC3)c2)cnc1N(C(=O)OC(C)(C)C)C(=O)OC(C)(C)C.CC(C)(C)OC(=O)N1CCC(C#N)(c2cc(-c3cnc(N(C(=O)OC(C)(C)C)C(=O)OC(C)(C)C)c(-c4cc(-c5ccccc5F)no4)n3)ccn2)CC1. The molecule has 7 heterocycles. The second-order valence-electron chi connectivity index (χ2n) is 29.3. The van der Waals surface area contributed by atoms with E-state index in [0.29, 0.717) is 76.8 Å². The summed E-state index contributed by atoms with van der Waals surface area (Å²) in [6.07, 6.45) is 7.83. The number of halogens is 1. The number of likely N-dealkylation sites (tertiary alicyclic amines) is 2. The van der Waals surface area contributed by atoms with E-state index in [2.05, 4.69) is 48.1 Å². The van der Waals surface area contributed by atoms with E-state index in [1.54, 1.807) is 171 Å². The van der Waals surface area contributed by atoms with Gasteiger partial charge in [-0.05, 0) is 193 Å². The number of pyridine rings is 2. The number of hydrogen-bond acceptors (Lipinski definition) is 22. The number of nitriles is 2. The topological polar surface area (TPSA) is 322 Å². The van der Waals surface area contributed by atoms with Gasteiger partial charge in [0.2, 0.25) is 0 Å². The summed E-state index contributed by atoms with van der Waals surface area (Å²) in [4.78, 5) is 111. The van der Waals surface area contributed by atoms with E-state index in [-0.39, 0.29) is 58.8 Å². The van der Waals surface area contributed by atoms with Crippen molar-refractivity contribution in [1.82, 2.24) is 44.9 Å². The zero-order valence-electron chi connectivity index (χ0n) is 58.7. The van der Waals surface area contributed by atoms with Crippen LogP contribution in [0.4, 0.5) is 44.8 Å². The number of benzene rings is 1. The molecule has 26 nitrogen and oxygen atoms in total. The Morgan fingerprint density at radius 3 is 1.28 bits per heavy atom. The molecule has 6 amide bonds. The third kappa shape index (κ3) is 19.3. The lowest BCUT2D eigenvalue weighted by Gasteiger charge is -2.37. The second-order valence-corrected chi connectivity index (χ2v) is 29.3. The molecule has 2 fully saturated rings. The summed E-state index contributed by atoms with van der Waals surface area (Å²) < 4.78 is 53.5. The number of ether oxygens (including phenoxy) is 6. The Labute approximate surface area is 570 Å². The van der Waals surface area contributed by atoms with E-state index < -0.39 is 86.8 Å². The van der Waals surface area contributed by atoms with Crippen molar-refractivity contribution in [2.45, 2.75) is 195 Å².